The molecule has 19 heavy (non-hydrogen) atoms. The minimum atomic E-state index is -0.569. The summed E-state index contributed by atoms with van der Waals surface area (Å²) in [6, 6.07) is 8.33. The summed E-state index contributed by atoms with van der Waals surface area (Å²) in [4.78, 5) is 12.0. The molecule has 100 valence electrons. The van der Waals surface area contributed by atoms with E-state index >= 15 is 0 Å². The Labute approximate surface area is 111 Å². The Morgan fingerprint density at radius 3 is 2.89 bits per heavy atom. The van der Waals surface area contributed by atoms with E-state index in [9.17, 15) is 9.90 Å². The van der Waals surface area contributed by atoms with Crippen LogP contribution in [0.3, 0.4) is 0 Å². The molecule has 1 aromatic carbocycles. The fraction of sp³-hybridized carbons (Fsp3) is 0.429. The van der Waals surface area contributed by atoms with Gasteiger partial charge in [-0.15, -0.1) is 0 Å². The predicted octanol–water partition coefficient (Wildman–Crippen LogP) is 0.420. The van der Waals surface area contributed by atoms with E-state index in [4.69, 9.17) is 10.4 Å². The number of benzene rings is 1. The zero-order valence-corrected chi connectivity index (χ0v) is 10.4. The van der Waals surface area contributed by atoms with Gasteiger partial charge in [-0.3, -0.25) is 4.79 Å². The first kappa shape index (κ1) is 13.5. The summed E-state index contributed by atoms with van der Waals surface area (Å²) in [5.41, 5.74) is 0.869. The second-order valence-corrected chi connectivity index (χ2v) is 4.84. The van der Waals surface area contributed by atoms with Gasteiger partial charge in [0.1, 0.15) is 0 Å². The highest BCUT2D eigenvalue weighted by molar-refractivity contribution is 5.94. The van der Waals surface area contributed by atoms with Gasteiger partial charge >= 0.3 is 0 Å². The van der Waals surface area contributed by atoms with Gasteiger partial charge in [-0.1, -0.05) is 6.07 Å². The van der Waals surface area contributed by atoms with Crippen molar-refractivity contribution in [1.82, 2.24) is 5.32 Å². The van der Waals surface area contributed by atoms with Crippen molar-refractivity contribution >= 4 is 5.91 Å². The Bertz CT molecular complexity index is 510. The molecule has 0 heterocycles. The molecule has 0 aliphatic heterocycles. The van der Waals surface area contributed by atoms with Crippen LogP contribution in [0.2, 0.25) is 0 Å². The number of amides is 1. The third kappa shape index (κ3) is 3.11. The van der Waals surface area contributed by atoms with Crippen molar-refractivity contribution in [2.75, 3.05) is 6.61 Å². The molecule has 3 atom stereocenters. The van der Waals surface area contributed by atoms with Crippen LogP contribution in [0.5, 0.6) is 0 Å². The summed E-state index contributed by atoms with van der Waals surface area (Å²) in [7, 11) is 0. The lowest BCUT2D eigenvalue weighted by atomic mass is 10.1. The molecule has 0 radical (unpaired) electrons. The number of carbonyl (C=O) groups excluding carboxylic acids is 1. The van der Waals surface area contributed by atoms with Crippen molar-refractivity contribution in [2.45, 2.75) is 25.0 Å². The van der Waals surface area contributed by atoms with Crippen molar-refractivity contribution in [2.24, 2.45) is 5.92 Å². The number of nitrogens with one attached hydrogen (secondary N) is 1. The molecule has 2 rings (SSSR count). The molecule has 1 fully saturated rings. The molecule has 1 aliphatic rings. The highest BCUT2D eigenvalue weighted by atomic mass is 16.3. The molecular formula is C14H16N2O3. The summed E-state index contributed by atoms with van der Waals surface area (Å²) in [5, 5.41) is 30.3. The summed E-state index contributed by atoms with van der Waals surface area (Å²) in [6.45, 7) is -0.0720. The molecule has 0 aromatic heterocycles. The maximum absolute atomic E-state index is 12.0. The van der Waals surface area contributed by atoms with Gasteiger partial charge in [0, 0.05) is 24.1 Å². The van der Waals surface area contributed by atoms with Gasteiger partial charge < -0.3 is 15.5 Å². The second kappa shape index (κ2) is 5.83. The Hall–Kier alpha value is -1.90. The Kier molecular flexibility index (Phi) is 4.15. The zero-order chi connectivity index (χ0) is 13.8. The van der Waals surface area contributed by atoms with E-state index < -0.39 is 6.10 Å². The van der Waals surface area contributed by atoms with Crippen molar-refractivity contribution in [3.63, 3.8) is 0 Å². The molecule has 0 bridgehead atoms. The van der Waals surface area contributed by atoms with E-state index in [1.165, 1.54) is 6.07 Å². The van der Waals surface area contributed by atoms with E-state index in [0.29, 0.717) is 24.0 Å². The number of hydrogen-bond acceptors (Lipinski definition) is 4. The zero-order valence-electron chi connectivity index (χ0n) is 10.4. The third-order valence-corrected chi connectivity index (χ3v) is 3.48. The Morgan fingerprint density at radius 2 is 2.26 bits per heavy atom. The van der Waals surface area contributed by atoms with Gasteiger partial charge in [0.15, 0.2) is 0 Å². The van der Waals surface area contributed by atoms with Crippen LogP contribution in [0.4, 0.5) is 0 Å². The molecule has 1 aliphatic carbocycles. The van der Waals surface area contributed by atoms with Crippen LogP contribution in [-0.2, 0) is 0 Å². The first-order valence-electron chi connectivity index (χ1n) is 6.24. The summed E-state index contributed by atoms with van der Waals surface area (Å²) < 4.78 is 0. The van der Waals surface area contributed by atoms with Crippen molar-refractivity contribution in [3.8, 4) is 6.07 Å². The van der Waals surface area contributed by atoms with Crippen LogP contribution in [0, 0.1) is 17.2 Å². The standard InChI is InChI=1S/C14H16N2O3/c15-7-9-2-1-3-10(4-9)14(19)16-12-5-11(8-17)13(18)6-12/h1-4,11-13,17-18H,5-6,8H2,(H,16,19). The molecule has 3 N–H and O–H groups in total. The first-order chi connectivity index (χ1) is 9.13. The number of hydrogen-bond donors (Lipinski definition) is 3. The average molecular weight is 260 g/mol. The van der Waals surface area contributed by atoms with Crippen molar-refractivity contribution in [1.29, 1.82) is 5.26 Å². The van der Waals surface area contributed by atoms with E-state index in [1.54, 1.807) is 18.2 Å². The number of rotatable bonds is 3. The van der Waals surface area contributed by atoms with Gasteiger partial charge in [-0.2, -0.15) is 5.26 Å². The number of nitrogens with zero attached hydrogens (tertiary/aromatic N) is 1. The molecule has 0 saturated heterocycles. The summed E-state index contributed by atoms with van der Waals surface area (Å²) in [5.74, 6) is -0.427. The lowest BCUT2D eigenvalue weighted by molar-refractivity contribution is 0.0903. The largest absolute Gasteiger partial charge is 0.396 e. The van der Waals surface area contributed by atoms with Crippen molar-refractivity contribution < 1.29 is 15.0 Å². The van der Waals surface area contributed by atoms with Gasteiger partial charge in [-0.25, -0.2) is 0 Å². The predicted molar refractivity (Wildman–Crippen MR) is 68.2 cm³/mol. The smallest absolute Gasteiger partial charge is 0.251 e. The molecule has 5 heteroatoms. The lowest BCUT2D eigenvalue weighted by Crippen LogP contribution is -2.33. The number of nitriles is 1. The maximum atomic E-state index is 12.0. The number of carbonyl (C=O) groups is 1. The van der Waals surface area contributed by atoms with E-state index in [2.05, 4.69) is 5.32 Å². The SMILES string of the molecule is N#Cc1cccc(C(=O)NC2CC(O)C(CO)C2)c1. The first-order valence-corrected chi connectivity index (χ1v) is 6.24. The second-order valence-electron chi connectivity index (χ2n) is 4.84. The molecular weight excluding hydrogens is 244 g/mol. The molecule has 1 saturated carbocycles. The fourth-order valence-corrected chi connectivity index (χ4v) is 2.42. The number of aliphatic hydroxyl groups excluding tert-OH is 2. The summed E-state index contributed by atoms with van der Waals surface area (Å²) >= 11 is 0. The van der Waals surface area contributed by atoms with Crippen LogP contribution in [0.25, 0.3) is 0 Å². The van der Waals surface area contributed by atoms with E-state index in [-0.39, 0.29) is 24.5 Å². The molecule has 0 spiro atoms. The van der Waals surface area contributed by atoms with Gasteiger partial charge in [0.05, 0.1) is 17.7 Å². The highest BCUT2D eigenvalue weighted by Gasteiger charge is 2.33. The Balaban J connectivity index is 2.00. The highest BCUT2D eigenvalue weighted by Crippen LogP contribution is 2.25. The maximum Gasteiger partial charge on any atom is 0.251 e. The minimum absolute atomic E-state index is 0.0720. The van der Waals surface area contributed by atoms with Gasteiger partial charge in [-0.05, 0) is 31.0 Å². The quantitative estimate of drug-likeness (QED) is 0.734. The third-order valence-electron chi connectivity index (χ3n) is 3.48. The number of aliphatic hydroxyl groups is 2. The topological polar surface area (TPSA) is 93.4 Å². The van der Waals surface area contributed by atoms with E-state index in [0.717, 1.165) is 0 Å². The normalized spacial score (nSPS) is 25.8. The molecule has 3 unspecified atom stereocenters. The average Bonchev–Trinajstić information content (AvgIpc) is 2.78. The van der Waals surface area contributed by atoms with Crippen LogP contribution in [0.1, 0.15) is 28.8 Å². The van der Waals surface area contributed by atoms with Crippen LogP contribution in [0.15, 0.2) is 24.3 Å². The minimum Gasteiger partial charge on any atom is -0.396 e. The van der Waals surface area contributed by atoms with Crippen molar-refractivity contribution in [3.05, 3.63) is 35.4 Å². The molecule has 5 nitrogen and oxygen atoms in total. The Morgan fingerprint density at radius 1 is 1.47 bits per heavy atom. The van der Waals surface area contributed by atoms with Gasteiger partial charge in [0.25, 0.3) is 5.91 Å². The lowest BCUT2D eigenvalue weighted by Gasteiger charge is -2.12. The summed E-state index contributed by atoms with van der Waals surface area (Å²) in [6.07, 6.45) is 0.455. The fourth-order valence-electron chi connectivity index (χ4n) is 2.42. The van der Waals surface area contributed by atoms with Crippen LogP contribution < -0.4 is 5.32 Å². The molecule has 1 aromatic rings. The van der Waals surface area contributed by atoms with E-state index in [1.807, 2.05) is 6.07 Å². The van der Waals surface area contributed by atoms with Gasteiger partial charge in [0.2, 0.25) is 0 Å². The van der Waals surface area contributed by atoms with Crippen LogP contribution >= 0.6 is 0 Å². The molecule has 1 amide bonds. The van der Waals surface area contributed by atoms with Crippen LogP contribution in [-0.4, -0.2) is 34.9 Å². The monoisotopic (exact) mass is 260 g/mol.